The van der Waals surface area contributed by atoms with Crippen LogP contribution < -0.4 is 10.8 Å². The van der Waals surface area contributed by atoms with Crippen molar-refractivity contribution in [2.45, 2.75) is 31.7 Å². The summed E-state index contributed by atoms with van der Waals surface area (Å²) in [6.45, 7) is 3.02. The summed E-state index contributed by atoms with van der Waals surface area (Å²) in [7, 11) is 0. The van der Waals surface area contributed by atoms with Gasteiger partial charge in [-0.25, -0.2) is 9.87 Å². The minimum Gasteiger partial charge on any atom is -0.391 e. The van der Waals surface area contributed by atoms with Crippen molar-refractivity contribution in [2.24, 2.45) is 0 Å². The molecule has 1 aromatic carbocycles. The van der Waals surface area contributed by atoms with Gasteiger partial charge in [-0.2, -0.15) is 0 Å². The van der Waals surface area contributed by atoms with Gasteiger partial charge in [-0.3, -0.25) is 19.7 Å². The Morgan fingerprint density at radius 1 is 1.29 bits per heavy atom. The molecule has 1 fully saturated rings. The van der Waals surface area contributed by atoms with E-state index < -0.39 is 30.1 Å². The molecular formula is C20H22FN3O4. The fourth-order valence-electron chi connectivity index (χ4n) is 2.52. The molecule has 0 aromatic heterocycles. The van der Waals surface area contributed by atoms with Crippen molar-refractivity contribution in [3.8, 4) is 23.7 Å². The zero-order valence-corrected chi connectivity index (χ0v) is 15.4. The molecule has 0 spiro atoms. The highest BCUT2D eigenvalue weighted by Gasteiger charge is 2.26. The van der Waals surface area contributed by atoms with Crippen LogP contribution >= 0.6 is 0 Å². The summed E-state index contributed by atoms with van der Waals surface area (Å²) in [5, 5.41) is 20.5. The number of likely N-dealkylation sites (tertiary alicyclic amines) is 1. The van der Waals surface area contributed by atoms with Crippen molar-refractivity contribution in [2.75, 3.05) is 19.6 Å². The monoisotopic (exact) mass is 387 g/mol. The molecule has 1 aliphatic heterocycles. The van der Waals surface area contributed by atoms with Gasteiger partial charge in [-0.15, -0.1) is 0 Å². The van der Waals surface area contributed by atoms with Crippen molar-refractivity contribution >= 4 is 11.8 Å². The normalized spacial score (nSPS) is 15.7. The second-order valence-corrected chi connectivity index (χ2v) is 6.40. The van der Waals surface area contributed by atoms with Gasteiger partial charge < -0.3 is 10.4 Å². The van der Waals surface area contributed by atoms with Crippen molar-refractivity contribution in [3.05, 3.63) is 35.4 Å². The van der Waals surface area contributed by atoms with E-state index in [0.717, 1.165) is 6.54 Å². The number of halogens is 1. The summed E-state index contributed by atoms with van der Waals surface area (Å²) in [4.78, 5) is 25.6. The van der Waals surface area contributed by atoms with E-state index in [9.17, 15) is 19.1 Å². The molecule has 2 rings (SSSR count). The first-order chi connectivity index (χ1) is 13.4. The molecule has 0 bridgehead atoms. The molecule has 0 saturated carbocycles. The van der Waals surface area contributed by atoms with E-state index in [4.69, 9.17) is 5.21 Å². The van der Waals surface area contributed by atoms with Crippen LogP contribution in [0.1, 0.15) is 29.3 Å². The van der Waals surface area contributed by atoms with Gasteiger partial charge in [0.15, 0.2) is 0 Å². The fourth-order valence-corrected chi connectivity index (χ4v) is 2.52. The first-order valence-corrected chi connectivity index (χ1v) is 8.79. The maximum Gasteiger partial charge on any atom is 0.268 e. The van der Waals surface area contributed by atoms with E-state index >= 15 is 0 Å². The number of nitrogens with one attached hydrogen (secondary N) is 2. The highest BCUT2D eigenvalue weighted by molar-refractivity contribution is 5.97. The molecule has 0 aliphatic carbocycles. The molecule has 4 N–H and O–H groups in total. The van der Waals surface area contributed by atoms with E-state index in [1.807, 2.05) is 4.90 Å². The van der Waals surface area contributed by atoms with Crippen LogP contribution in [0.5, 0.6) is 0 Å². The van der Waals surface area contributed by atoms with Gasteiger partial charge in [-0.1, -0.05) is 11.8 Å². The number of hydroxylamine groups is 1. The third-order valence-electron chi connectivity index (χ3n) is 4.13. The number of benzene rings is 1. The number of hydrogen-bond donors (Lipinski definition) is 4. The molecule has 0 radical (unpaired) electrons. The van der Waals surface area contributed by atoms with E-state index in [-0.39, 0.29) is 5.56 Å². The Morgan fingerprint density at radius 2 is 1.96 bits per heavy atom. The molecule has 0 unspecified atom stereocenters. The third kappa shape index (κ3) is 6.36. The highest BCUT2D eigenvalue weighted by atomic mass is 19.1. The summed E-state index contributed by atoms with van der Waals surface area (Å²) in [6.07, 6.45) is -1.26. The Balaban J connectivity index is 1.86. The molecule has 1 aliphatic rings. The maximum absolute atomic E-state index is 12.6. The van der Waals surface area contributed by atoms with E-state index in [2.05, 4.69) is 29.0 Å². The van der Waals surface area contributed by atoms with Crippen LogP contribution in [0.2, 0.25) is 0 Å². The number of hydrogen-bond acceptors (Lipinski definition) is 5. The fraction of sp³-hybridized carbons (Fsp3) is 0.400. The Bertz CT molecular complexity index is 812. The molecule has 1 saturated heterocycles. The second kappa shape index (κ2) is 10.4. The van der Waals surface area contributed by atoms with Crippen LogP contribution in [0, 0.1) is 23.7 Å². The number of amides is 2. The number of carbonyl (C=O) groups excluding carboxylic acids is 2. The summed E-state index contributed by atoms with van der Waals surface area (Å²) in [5.41, 5.74) is 2.33. The Morgan fingerprint density at radius 3 is 2.54 bits per heavy atom. The van der Waals surface area contributed by atoms with Crippen molar-refractivity contribution in [3.63, 3.8) is 0 Å². The average molecular weight is 387 g/mol. The summed E-state index contributed by atoms with van der Waals surface area (Å²) in [6, 6.07) is 5.04. The van der Waals surface area contributed by atoms with Crippen molar-refractivity contribution in [1.82, 2.24) is 15.7 Å². The molecule has 7 nitrogen and oxygen atoms in total. The summed E-state index contributed by atoms with van der Waals surface area (Å²) < 4.78 is 12.6. The van der Waals surface area contributed by atoms with Gasteiger partial charge in [0.25, 0.3) is 11.8 Å². The maximum atomic E-state index is 12.6. The Labute approximate surface area is 162 Å². The van der Waals surface area contributed by atoms with Crippen molar-refractivity contribution < 1.29 is 24.3 Å². The lowest BCUT2D eigenvalue weighted by molar-refractivity contribution is -0.133. The smallest absolute Gasteiger partial charge is 0.268 e. The molecule has 1 aromatic rings. The molecule has 1 heterocycles. The average Bonchev–Trinajstić information content (AvgIpc) is 2.66. The number of rotatable bonds is 6. The van der Waals surface area contributed by atoms with Gasteiger partial charge in [0.2, 0.25) is 0 Å². The minimum atomic E-state index is -1.28. The van der Waals surface area contributed by atoms with Gasteiger partial charge >= 0.3 is 0 Å². The quantitative estimate of drug-likeness (QED) is 0.314. The van der Waals surface area contributed by atoms with Gasteiger partial charge in [-0.05, 0) is 43.0 Å². The van der Waals surface area contributed by atoms with Crippen LogP contribution in [-0.4, -0.2) is 65.0 Å². The lowest BCUT2D eigenvalue weighted by atomic mass is 10.1. The van der Waals surface area contributed by atoms with Crippen LogP contribution in [0.4, 0.5) is 4.39 Å². The predicted octanol–water partition coefficient (Wildman–Crippen LogP) is 0.0699. The molecule has 148 valence electrons. The molecule has 2 amide bonds. The number of alkyl halides is 1. The predicted molar refractivity (Wildman–Crippen MR) is 99.9 cm³/mol. The number of aliphatic hydroxyl groups is 1. The first-order valence-electron chi connectivity index (χ1n) is 8.79. The molecule has 2 atom stereocenters. The minimum absolute atomic E-state index is 0.272. The van der Waals surface area contributed by atoms with Crippen LogP contribution in [0.3, 0.4) is 0 Å². The summed E-state index contributed by atoms with van der Waals surface area (Å²) in [5.74, 6) is 9.74. The zero-order chi connectivity index (χ0) is 20.5. The summed E-state index contributed by atoms with van der Waals surface area (Å²) >= 11 is 0. The van der Waals surface area contributed by atoms with E-state index in [0.29, 0.717) is 25.1 Å². The molecular weight excluding hydrogens is 365 g/mol. The second-order valence-electron chi connectivity index (χ2n) is 6.40. The van der Waals surface area contributed by atoms with Crippen LogP contribution in [-0.2, 0) is 4.79 Å². The molecule has 28 heavy (non-hydrogen) atoms. The van der Waals surface area contributed by atoms with E-state index in [1.165, 1.54) is 24.5 Å². The first kappa shape index (κ1) is 21.4. The number of aliphatic hydroxyl groups excluding tert-OH is 1. The lowest BCUT2D eigenvalue weighted by Gasteiger charge is -2.33. The standard InChI is InChI=1S/C20H22FN3O4/c1-14(25)18(20(27)23-28)22-19(26)16-9-7-15(8-10-16)6-4-2-3-5-11-24-12-17(21)13-24/h7-10,14,17-18,25,28H,5,11-13H2,1H3,(H,22,26)(H,23,27)/t14-,18+/m1/s1. The molecule has 8 heteroatoms. The lowest BCUT2D eigenvalue weighted by Crippen LogP contribution is -2.51. The van der Waals surface area contributed by atoms with Gasteiger partial charge in [0.05, 0.1) is 6.10 Å². The topological polar surface area (TPSA) is 102 Å². The van der Waals surface area contributed by atoms with Gasteiger partial charge in [0.1, 0.15) is 12.2 Å². The van der Waals surface area contributed by atoms with Crippen LogP contribution in [0.15, 0.2) is 24.3 Å². The number of carbonyl (C=O) groups is 2. The van der Waals surface area contributed by atoms with E-state index in [1.54, 1.807) is 12.1 Å². The largest absolute Gasteiger partial charge is 0.391 e. The van der Waals surface area contributed by atoms with Crippen molar-refractivity contribution in [1.29, 1.82) is 0 Å². The Kier molecular flexibility index (Phi) is 7.97. The third-order valence-corrected chi connectivity index (χ3v) is 4.13. The SMILES string of the molecule is C[C@@H](O)[C@H](NC(=O)c1ccc(C#CC#CCCN2CC(F)C2)cc1)C(=O)NO. The van der Waals surface area contributed by atoms with Gasteiger partial charge in [0, 0.05) is 37.2 Å². The Hall–Kier alpha value is -2.91. The number of nitrogens with zero attached hydrogens (tertiary/aromatic N) is 1. The zero-order valence-electron chi connectivity index (χ0n) is 15.4. The van der Waals surface area contributed by atoms with Crippen LogP contribution in [0.25, 0.3) is 0 Å². The highest BCUT2D eigenvalue weighted by Crippen LogP contribution is 2.10.